The minimum Gasteiger partial charge on any atom is -0.365 e. The van der Waals surface area contributed by atoms with Crippen molar-refractivity contribution in [2.24, 2.45) is 5.73 Å². The Bertz CT molecular complexity index is 893. The molecular weight excluding hydrogens is 442 g/mol. The molecule has 0 spiro atoms. The first-order valence-corrected chi connectivity index (χ1v) is 10.8. The van der Waals surface area contributed by atoms with Gasteiger partial charge >= 0.3 is 0 Å². The van der Waals surface area contributed by atoms with E-state index in [1.165, 1.54) is 11.3 Å². The number of thiophene rings is 1. The summed E-state index contributed by atoms with van der Waals surface area (Å²) in [6.07, 6.45) is 5.10. The van der Waals surface area contributed by atoms with Crippen LogP contribution in [-0.4, -0.2) is 24.3 Å². The number of fused-ring (bicyclic) bond motifs is 1. The third-order valence-corrected chi connectivity index (χ3v) is 6.40. The number of rotatable bonds is 6. The van der Waals surface area contributed by atoms with Crippen molar-refractivity contribution in [3.8, 4) is 0 Å². The van der Waals surface area contributed by atoms with Gasteiger partial charge in [0.15, 0.2) is 0 Å². The average molecular weight is 464 g/mol. The molecule has 0 aliphatic heterocycles. The number of primary amides is 1. The highest BCUT2D eigenvalue weighted by atomic mass is 79.9. The van der Waals surface area contributed by atoms with Gasteiger partial charge in [-0.15, -0.1) is 11.3 Å². The molecule has 1 heterocycles. The summed E-state index contributed by atoms with van der Waals surface area (Å²) in [5.74, 6) is -0.991. The van der Waals surface area contributed by atoms with E-state index in [1.807, 2.05) is 0 Å². The van der Waals surface area contributed by atoms with Crippen LogP contribution >= 0.6 is 27.3 Å². The van der Waals surface area contributed by atoms with Crippen LogP contribution in [0.2, 0.25) is 0 Å². The normalized spacial score (nSPS) is 13.3. The van der Waals surface area contributed by atoms with Crippen LogP contribution in [-0.2, 0) is 17.6 Å². The zero-order valence-electron chi connectivity index (χ0n) is 15.3. The molecule has 6 nitrogen and oxygen atoms in total. The minimum atomic E-state index is -0.502. The van der Waals surface area contributed by atoms with E-state index in [9.17, 15) is 14.4 Å². The van der Waals surface area contributed by atoms with Gasteiger partial charge < -0.3 is 16.4 Å². The maximum absolute atomic E-state index is 12.3. The molecular formula is C20H22BrN3O3S. The van der Waals surface area contributed by atoms with E-state index in [2.05, 4.69) is 26.6 Å². The van der Waals surface area contributed by atoms with Crippen LogP contribution in [0, 0.1) is 0 Å². The molecule has 148 valence electrons. The topological polar surface area (TPSA) is 101 Å². The maximum atomic E-state index is 12.3. The molecule has 1 aliphatic rings. The van der Waals surface area contributed by atoms with Crippen LogP contribution in [0.25, 0.3) is 0 Å². The van der Waals surface area contributed by atoms with Gasteiger partial charge in [-0.05, 0) is 55.5 Å². The average Bonchev–Trinajstić information content (AvgIpc) is 2.83. The van der Waals surface area contributed by atoms with Gasteiger partial charge in [0.1, 0.15) is 5.00 Å². The molecule has 2 aromatic rings. The Balaban J connectivity index is 1.58. The van der Waals surface area contributed by atoms with E-state index in [1.54, 1.807) is 24.3 Å². The fourth-order valence-electron chi connectivity index (χ4n) is 3.27. The highest BCUT2D eigenvalue weighted by Gasteiger charge is 2.24. The zero-order valence-corrected chi connectivity index (χ0v) is 17.7. The standard InChI is InChI=1S/C20H22BrN3O3S/c21-13-8-6-12(7-9-13)19(27)23-11-10-16(25)24-20-17(18(22)26)14-4-2-1-3-5-15(14)28-20/h6-9H,1-5,10-11H2,(H2,22,26)(H,23,27)(H,24,25). The summed E-state index contributed by atoms with van der Waals surface area (Å²) >= 11 is 4.77. The van der Waals surface area contributed by atoms with Crippen molar-refractivity contribution in [1.29, 1.82) is 0 Å². The lowest BCUT2D eigenvalue weighted by molar-refractivity contribution is -0.116. The Morgan fingerprint density at radius 2 is 1.79 bits per heavy atom. The second kappa shape index (κ2) is 9.34. The number of nitrogens with one attached hydrogen (secondary N) is 2. The van der Waals surface area contributed by atoms with Crippen molar-refractivity contribution in [1.82, 2.24) is 5.32 Å². The SMILES string of the molecule is NC(=O)c1c(NC(=O)CCNC(=O)c2ccc(Br)cc2)sc2c1CCCCC2. The molecule has 0 bridgehead atoms. The first kappa shape index (κ1) is 20.5. The van der Waals surface area contributed by atoms with Gasteiger partial charge in [0.05, 0.1) is 5.56 Å². The van der Waals surface area contributed by atoms with Crippen LogP contribution in [0.4, 0.5) is 5.00 Å². The number of benzene rings is 1. The van der Waals surface area contributed by atoms with E-state index in [4.69, 9.17) is 5.73 Å². The number of aryl methyl sites for hydroxylation is 1. The van der Waals surface area contributed by atoms with Crippen LogP contribution in [0.3, 0.4) is 0 Å². The van der Waals surface area contributed by atoms with Crippen molar-refractivity contribution in [2.75, 3.05) is 11.9 Å². The fourth-order valence-corrected chi connectivity index (χ4v) is 4.85. The van der Waals surface area contributed by atoms with Gasteiger partial charge in [0, 0.05) is 27.9 Å². The highest BCUT2D eigenvalue weighted by Crippen LogP contribution is 2.37. The Morgan fingerprint density at radius 3 is 2.50 bits per heavy atom. The molecule has 4 N–H and O–H groups in total. The molecule has 0 radical (unpaired) electrons. The molecule has 1 aromatic heterocycles. The second-order valence-corrected chi connectivity index (χ2v) is 8.71. The number of carbonyl (C=O) groups is 3. The van der Waals surface area contributed by atoms with Gasteiger partial charge in [-0.3, -0.25) is 14.4 Å². The monoisotopic (exact) mass is 463 g/mol. The number of amides is 3. The van der Waals surface area contributed by atoms with Crippen LogP contribution in [0.15, 0.2) is 28.7 Å². The quantitative estimate of drug-likeness (QED) is 0.569. The van der Waals surface area contributed by atoms with Gasteiger partial charge in [0.2, 0.25) is 5.91 Å². The van der Waals surface area contributed by atoms with Crippen LogP contribution < -0.4 is 16.4 Å². The Morgan fingerprint density at radius 1 is 1.07 bits per heavy atom. The van der Waals surface area contributed by atoms with E-state index in [-0.39, 0.29) is 24.8 Å². The van der Waals surface area contributed by atoms with E-state index >= 15 is 0 Å². The number of nitrogens with two attached hydrogens (primary N) is 1. The largest absolute Gasteiger partial charge is 0.365 e. The number of anilines is 1. The van der Waals surface area contributed by atoms with E-state index in [0.29, 0.717) is 16.1 Å². The molecule has 8 heteroatoms. The summed E-state index contributed by atoms with van der Waals surface area (Å²) in [7, 11) is 0. The van der Waals surface area contributed by atoms with Crippen LogP contribution in [0.5, 0.6) is 0 Å². The van der Waals surface area contributed by atoms with Gasteiger partial charge in [0.25, 0.3) is 11.8 Å². The predicted molar refractivity (Wildman–Crippen MR) is 114 cm³/mol. The Labute approximate surface area is 176 Å². The van der Waals surface area contributed by atoms with Crippen molar-refractivity contribution < 1.29 is 14.4 Å². The summed E-state index contributed by atoms with van der Waals surface area (Å²) in [4.78, 5) is 37.5. The number of carbonyl (C=O) groups excluding carboxylic acids is 3. The molecule has 28 heavy (non-hydrogen) atoms. The number of hydrogen-bond donors (Lipinski definition) is 3. The lowest BCUT2D eigenvalue weighted by Gasteiger charge is -2.08. The Hall–Kier alpha value is -2.19. The van der Waals surface area contributed by atoms with Crippen molar-refractivity contribution in [3.63, 3.8) is 0 Å². The summed E-state index contributed by atoms with van der Waals surface area (Å²) in [5.41, 5.74) is 7.56. The van der Waals surface area contributed by atoms with Crippen molar-refractivity contribution in [3.05, 3.63) is 50.3 Å². The summed E-state index contributed by atoms with van der Waals surface area (Å²) in [5, 5.41) is 6.07. The number of hydrogen-bond acceptors (Lipinski definition) is 4. The second-order valence-electron chi connectivity index (χ2n) is 6.69. The first-order valence-electron chi connectivity index (χ1n) is 9.23. The Kier molecular flexibility index (Phi) is 6.85. The molecule has 1 aromatic carbocycles. The maximum Gasteiger partial charge on any atom is 0.251 e. The van der Waals surface area contributed by atoms with Crippen molar-refractivity contribution in [2.45, 2.75) is 38.5 Å². The molecule has 1 aliphatic carbocycles. The molecule has 0 saturated heterocycles. The van der Waals surface area contributed by atoms with Gasteiger partial charge in [-0.2, -0.15) is 0 Å². The smallest absolute Gasteiger partial charge is 0.251 e. The molecule has 3 amide bonds. The predicted octanol–water partition coefficient (Wildman–Crippen LogP) is 3.64. The summed E-state index contributed by atoms with van der Waals surface area (Å²) in [6, 6.07) is 6.98. The zero-order chi connectivity index (χ0) is 20.1. The molecule has 0 saturated carbocycles. The van der Waals surface area contributed by atoms with Gasteiger partial charge in [-0.25, -0.2) is 0 Å². The summed E-state index contributed by atoms with van der Waals surface area (Å²) in [6.45, 7) is 0.206. The third-order valence-electron chi connectivity index (χ3n) is 4.66. The third kappa shape index (κ3) is 4.99. The molecule has 0 fully saturated rings. The van der Waals surface area contributed by atoms with Crippen molar-refractivity contribution >= 4 is 50.0 Å². The number of halogens is 1. The molecule has 3 rings (SSSR count). The molecule has 0 atom stereocenters. The molecule has 0 unspecified atom stereocenters. The summed E-state index contributed by atoms with van der Waals surface area (Å²) < 4.78 is 0.892. The lowest BCUT2D eigenvalue weighted by atomic mass is 10.1. The van der Waals surface area contributed by atoms with Crippen LogP contribution in [0.1, 0.15) is 56.8 Å². The highest BCUT2D eigenvalue weighted by molar-refractivity contribution is 9.10. The van der Waals surface area contributed by atoms with E-state index < -0.39 is 5.91 Å². The fraction of sp³-hybridized carbons (Fsp3) is 0.350. The first-order chi connectivity index (χ1) is 13.5. The van der Waals surface area contributed by atoms with E-state index in [0.717, 1.165) is 47.0 Å². The minimum absolute atomic E-state index is 0.114. The lowest BCUT2D eigenvalue weighted by Crippen LogP contribution is -2.27. The van der Waals surface area contributed by atoms with Gasteiger partial charge in [-0.1, -0.05) is 22.4 Å².